The molecule has 2 aliphatic rings. The summed E-state index contributed by atoms with van der Waals surface area (Å²) in [5.74, 6) is -2.52. The summed E-state index contributed by atoms with van der Waals surface area (Å²) in [6.45, 7) is 4.12. The second-order valence-corrected chi connectivity index (χ2v) is 14.8. The van der Waals surface area contributed by atoms with E-state index in [2.05, 4.69) is 10.6 Å². The van der Waals surface area contributed by atoms with Crippen LogP contribution in [-0.2, 0) is 57.3 Å². The van der Waals surface area contributed by atoms with Crippen LogP contribution in [0.3, 0.4) is 0 Å². The van der Waals surface area contributed by atoms with Gasteiger partial charge >= 0.3 is 0 Å². The molecule has 4 N–H and O–H groups in total. The number of hydrogen-bond acceptors (Lipinski definition) is 15. The molecule has 19 heteroatoms. The van der Waals surface area contributed by atoms with Gasteiger partial charge in [-0.05, 0) is 0 Å². The number of likely N-dealkylation sites (tertiary alicyclic amines) is 1. The molecule has 2 heterocycles. The van der Waals surface area contributed by atoms with Gasteiger partial charge < -0.3 is 35.3 Å². The lowest BCUT2D eigenvalue weighted by Gasteiger charge is -2.15. The maximum absolute atomic E-state index is 12.7. The summed E-state index contributed by atoms with van der Waals surface area (Å²) in [7, 11) is 2.33. The molecule has 0 spiro atoms. The highest BCUT2D eigenvalue weighted by Gasteiger charge is 2.58. The highest BCUT2D eigenvalue weighted by molar-refractivity contribution is 8.94. The minimum Gasteiger partial charge on any atom is -0.379 e. The van der Waals surface area contributed by atoms with Gasteiger partial charge in [0.1, 0.15) is 5.78 Å². The lowest BCUT2D eigenvalue weighted by molar-refractivity contribution is -0.139. The lowest BCUT2D eigenvalue weighted by atomic mass is 9.99. The fourth-order valence-electron chi connectivity index (χ4n) is 4.22. The van der Waals surface area contributed by atoms with Crippen molar-refractivity contribution in [1.29, 1.82) is 0 Å². The Morgan fingerprint density at radius 3 is 2.15 bits per heavy atom. The lowest BCUT2D eigenvalue weighted by Crippen LogP contribution is -2.36. The van der Waals surface area contributed by atoms with Gasteiger partial charge in [-0.1, -0.05) is 28.5 Å². The Morgan fingerprint density at radius 1 is 0.958 bits per heavy atom. The van der Waals surface area contributed by atoms with Gasteiger partial charge in [-0.25, -0.2) is 0 Å². The van der Waals surface area contributed by atoms with Gasteiger partial charge in [-0.15, -0.1) is 11.8 Å². The van der Waals surface area contributed by atoms with Gasteiger partial charge in [0.25, 0.3) is 5.91 Å². The third-order valence-corrected chi connectivity index (χ3v) is 11.1. The van der Waals surface area contributed by atoms with E-state index in [0.29, 0.717) is 51.8 Å². The predicted octanol–water partition coefficient (Wildman–Crippen LogP) is -0.744. The number of thioether (sulfide) groups is 1. The van der Waals surface area contributed by atoms with Crippen molar-refractivity contribution in [3.8, 4) is 0 Å². The Kier molecular flexibility index (Phi) is 19.9. The van der Waals surface area contributed by atoms with E-state index in [-0.39, 0.29) is 100 Å². The second-order valence-electron chi connectivity index (χ2n) is 10.7. The van der Waals surface area contributed by atoms with Crippen LogP contribution in [0.4, 0.5) is 0 Å². The van der Waals surface area contributed by atoms with Gasteiger partial charge in [0, 0.05) is 56.9 Å². The summed E-state index contributed by atoms with van der Waals surface area (Å²) in [4.78, 5) is 95.8. The summed E-state index contributed by atoms with van der Waals surface area (Å²) in [6.07, 6.45) is 0.688. The van der Waals surface area contributed by atoms with E-state index in [4.69, 9.17) is 24.7 Å². The van der Waals surface area contributed by atoms with E-state index in [1.165, 1.54) is 11.8 Å². The number of amides is 5. The number of carbonyl (C=O) groups is 8. The number of ether oxygens (including phenoxy) is 4. The highest BCUT2D eigenvalue weighted by Crippen LogP contribution is 2.65. The first kappa shape index (κ1) is 41.6. The molecular weight excluding hydrogens is 693 g/mol. The number of nitrogens with zero attached hydrogens (tertiary/aromatic N) is 1. The number of nitrogens with one attached hydrogen (secondary N) is 2. The summed E-state index contributed by atoms with van der Waals surface area (Å²) in [5.41, 5.74) is 5.23. The molecule has 0 aliphatic carbocycles. The van der Waals surface area contributed by atoms with Crippen LogP contribution in [-0.4, -0.2) is 140 Å². The van der Waals surface area contributed by atoms with Gasteiger partial charge in [0.05, 0.1) is 64.6 Å². The van der Waals surface area contributed by atoms with Crippen molar-refractivity contribution in [2.24, 2.45) is 11.7 Å². The van der Waals surface area contributed by atoms with E-state index in [0.717, 1.165) is 26.5 Å². The maximum atomic E-state index is 12.7. The monoisotopic (exact) mass is 736 g/mol. The van der Waals surface area contributed by atoms with Crippen LogP contribution in [0, 0.1) is 5.92 Å². The molecule has 0 saturated carbocycles. The molecule has 270 valence electrons. The van der Waals surface area contributed by atoms with Gasteiger partial charge in [-0.3, -0.25) is 43.3 Å². The number of rotatable bonds is 30. The van der Waals surface area contributed by atoms with Crippen molar-refractivity contribution in [2.75, 3.05) is 78.2 Å². The molecule has 2 saturated heterocycles. The average Bonchev–Trinajstić information content (AvgIpc) is 3.82. The zero-order valence-electron chi connectivity index (χ0n) is 26.9. The molecule has 2 rings (SSSR count). The number of hydrogen-bond donors (Lipinski definition) is 3. The molecule has 48 heavy (non-hydrogen) atoms. The van der Waals surface area contributed by atoms with Crippen molar-refractivity contribution >= 4 is 80.7 Å². The van der Waals surface area contributed by atoms with Gasteiger partial charge in [0.15, 0.2) is 11.6 Å². The molecule has 1 unspecified atom stereocenters. The standard InChI is InChI=1S/C29H44N4O12S3/c1-20(22(36)18-31-19-34)16-21(35)4-15-46-23-17-26(39)33(27(23)40)6-2-25(38)32-5-8-43-10-12-45-14-13-44-11-9-42-7-3-24(37)29(28(30)41)47-48-29/h19-20,23H,2-18H2,1H3,(H2,30,41)(H,31,34)(H,32,38)/t20-,23?/m0/s1. The van der Waals surface area contributed by atoms with Crippen molar-refractivity contribution in [2.45, 2.75) is 48.4 Å². The first-order valence-corrected chi connectivity index (χ1v) is 18.7. The van der Waals surface area contributed by atoms with Crippen LogP contribution in [0.5, 0.6) is 0 Å². The smallest absolute Gasteiger partial charge is 0.253 e. The topological polar surface area (TPSA) is 227 Å². The molecule has 5 amide bonds. The number of Topliss-reactive ketones (excluding diaryl/α,β-unsaturated/α-hetero) is 3. The average molecular weight is 737 g/mol. The van der Waals surface area contributed by atoms with Crippen LogP contribution in [0.15, 0.2) is 0 Å². The third-order valence-electron chi connectivity index (χ3n) is 7.01. The van der Waals surface area contributed by atoms with E-state index < -0.39 is 21.2 Å². The largest absolute Gasteiger partial charge is 0.379 e. The van der Waals surface area contributed by atoms with E-state index in [1.54, 1.807) is 6.92 Å². The number of primary amides is 1. The van der Waals surface area contributed by atoms with Crippen LogP contribution in [0.25, 0.3) is 0 Å². The Balaban J connectivity index is 1.40. The summed E-state index contributed by atoms with van der Waals surface area (Å²) in [5, 5.41) is 4.34. The normalized spacial score (nSPS) is 17.2. The number of nitrogens with two attached hydrogens (primary N) is 1. The minimum absolute atomic E-state index is 0.00526. The Bertz CT molecular complexity index is 1140. The summed E-state index contributed by atoms with van der Waals surface area (Å²) in [6, 6.07) is 0. The molecule has 0 bridgehead atoms. The van der Waals surface area contributed by atoms with Crippen LogP contribution < -0.4 is 16.4 Å². The van der Waals surface area contributed by atoms with E-state index in [1.807, 2.05) is 0 Å². The molecule has 0 radical (unpaired) electrons. The number of ketones is 3. The van der Waals surface area contributed by atoms with Crippen LogP contribution >= 0.6 is 33.3 Å². The van der Waals surface area contributed by atoms with Gasteiger partial charge in [-0.2, -0.15) is 0 Å². The summed E-state index contributed by atoms with van der Waals surface area (Å²) >= 11 is 1.21. The molecule has 2 aliphatic heterocycles. The molecule has 0 aromatic heterocycles. The zero-order valence-corrected chi connectivity index (χ0v) is 29.4. The molecule has 16 nitrogen and oxygen atoms in total. The van der Waals surface area contributed by atoms with Crippen molar-refractivity contribution in [3.05, 3.63) is 0 Å². The SMILES string of the molecule is C[C@@H](CC(=O)CCSC1CC(=O)N(CCC(=O)NCCOCCOCCOCCOCCC(=O)C2(C(N)=O)SS2)C1=O)C(=O)CNC=O. The quantitative estimate of drug-likeness (QED) is 0.0206. The van der Waals surface area contributed by atoms with E-state index >= 15 is 0 Å². The fraction of sp³-hybridized carbons (Fsp3) is 0.724. The number of carbonyl (C=O) groups excluding carboxylic acids is 8. The predicted molar refractivity (Wildman–Crippen MR) is 178 cm³/mol. The van der Waals surface area contributed by atoms with Crippen LogP contribution in [0.2, 0.25) is 0 Å². The van der Waals surface area contributed by atoms with Crippen molar-refractivity contribution < 1.29 is 57.3 Å². The van der Waals surface area contributed by atoms with Crippen molar-refractivity contribution in [1.82, 2.24) is 15.5 Å². The first-order chi connectivity index (χ1) is 23.0. The molecule has 2 atom stereocenters. The third kappa shape index (κ3) is 15.3. The Hall–Kier alpha value is -2.55. The second kappa shape index (κ2) is 23.0. The van der Waals surface area contributed by atoms with E-state index in [9.17, 15) is 38.4 Å². The molecular formula is C29H44N4O12S3. The Morgan fingerprint density at radius 2 is 1.56 bits per heavy atom. The fourth-order valence-corrected chi connectivity index (χ4v) is 7.31. The van der Waals surface area contributed by atoms with Crippen LogP contribution in [0.1, 0.15) is 39.0 Å². The highest BCUT2D eigenvalue weighted by atomic mass is 33.2. The maximum Gasteiger partial charge on any atom is 0.253 e. The summed E-state index contributed by atoms with van der Waals surface area (Å²) < 4.78 is 20.4. The zero-order chi connectivity index (χ0) is 35.4. The minimum atomic E-state index is -1.13. The molecule has 2 fully saturated rings. The Labute approximate surface area is 291 Å². The number of imide groups is 1. The molecule has 0 aromatic rings. The van der Waals surface area contributed by atoms with Crippen molar-refractivity contribution in [3.63, 3.8) is 0 Å². The molecule has 0 aromatic carbocycles. The first-order valence-electron chi connectivity index (χ1n) is 15.5. The van der Waals surface area contributed by atoms with Gasteiger partial charge in [0.2, 0.25) is 28.2 Å².